The first kappa shape index (κ1) is 6.41. The fourth-order valence-corrected chi connectivity index (χ4v) is 1.09. The van der Waals surface area contributed by atoms with Crippen molar-refractivity contribution in [2.75, 3.05) is 6.61 Å². The molecule has 0 amide bonds. The fraction of sp³-hybridized carbons (Fsp3) is 0.778. The van der Waals surface area contributed by atoms with Crippen LogP contribution in [0.5, 0.6) is 0 Å². The normalized spacial score (nSPS) is 31.4. The van der Waals surface area contributed by atoms with Crippen LogP contribution >= 0.6 is 0 Å². The molecule has 1 atom stereocenters. The minimum Gasteiger partial charge on any atom is -0.373 e. The maximum absolute atomic E-state index is 5.08. The van der Waals surface area contributed by atoms with Crippen molar-refractivity contribution in [3.05, 3.63) is 12.2 Å². The van der Waals surface area contributed by atoms with E-state index in [0.29, 0.717) is 6.10 Å². The van der Waals surface area contributed by atoms with Crippen molar-refractivity contribution >= 4 is 0 Å². The monoisotopic (exact) mass is 138 g/mol. The van der Waals surface area contributed by atoms with Gasteiger partial charge >= 0.3 is 0 Å². The van der Waals surface area contributed by atoms with Crippen LogP contribution in [0.3, 0.4) is 0 Å². The van der Waals surface area contributed by atoms with E-state index in [-0.39, 0.29) is 0 Å². The van der Waals surface area contributed by atoms with E-state index in [1.54, 1.807) is 0 Å². The van der Waals surface area contributed by atoms with Crippen molar-refractivity contribution in [3.63, 3.8) is 0 Å². The Morgan fingerprint density at radius 1 is 1.20 bits per heavy atom. The smallest absolute Gasteiger partial charge is 0.0844 e. The van der Waals surface area contributed by atoms with Crippen molar-refractivity contribution in [1.82, 2.24) is 0 Å². The number of hydrogen-bond acceptors (Lipinski definition) is 1. The third kappa shape index (κ3) is 2.14. The molecule has 2 rings (SSSR count). The molecule has 1 heteroatoms. The van der Waals surface area contributed by atoms with Gasteiger partial charge in [-0.05, 0) is 31.6 Å². The van der Waals surface area contributed by atoms with Crippen LogP contribution in [0.4, 0.5) is 0 Å². The molecule has 2 aliphatic rings. The molecule has 1 saturated heterocycles. The molecule has 56 valence electrons. The van der Waals surface area contributed by atoms with E-state index in [0.717, 1.165) is 18.9 Å². The predicted octanol–water partition coefficient (Wildman–Crippen LogP) is 2.13. The fourth-order valence-electron chi connectivity index (χ4n) is 1.09. The van der Waals surface area contributed by atoms with Crippen molar-refractivity contribution in [2.45, 2.75) is 31.8 Å². The molecule has 2 fully saturated rings. The zero-order chi connectivity index (χ0) is 6.81. The first-order valence-electron chi connectivity index (χ1n) is 4.22. The highest BCUT2D eigenvalue weighted by molar-refractivity contribution is 4.91. The van der Waals surface area contributed by atoms with E-state index in [4.69, 9.17) is 4.74 Å². The summed E-state index contributed by atoms with van der Waals surface area (Å²) >= 11 is 0. The number of allylic oxidation sites excluding steroid dienone is 1. The summed E-state index contributed by atoms with van der Waals surface area (Å²) in [4.78, 5) is 0. The summed E-state index contributed by atoms with van der Waals surface area (Å²) in [5.74, 6) is 1.04. The molecule has 1 saturated carbocycles. The highest BCUT2D eigenvalue weighted by Gasteiger charge is 2.21. The van der Waals surface area contributed by atoms with Gasteiger partial charge < -0.3 is 4.74 Å². The summed E-state index contributed by atoms with van der Waals surface area (Å²) in [6.45, 7) is 0.994. The molecule has 0 bridgehead atoms. The molecule has 10 heavy (non-hydrogen) atoms. The number of ether oxygens (including phenoxy) is 1. The van der Waals surface area contributed by atoms with Crippen molar-refractivity contribution in [1.29, 1.82) is 0 Å². The summed E-state index contributed by atoms with van der Waals surface area (Å²) < 4.78 is 5.08. The lowest BCUT2D eigenvalue weighted by Crippen LogP contribution is -1.78. The van der Waals surface area contributed by atoms with Crippen molar-refractivity contribution in [2.24, 2.45) is 5.92 Å². The topological polar surface area (TPSA) is 12.5 Å². The van der Waals surface area contributed by atoms with Crippen LogP contribution in [0, 0.1) is 5.92 Å². The van der Waals surface area contributed by atoms with Gasteiger partial charge in [-0.15, -0.1) is 0 Å². The quantitative estimate of drug-likeness (QED) is 0.428. The third-order valence-corrected chi connectivity index (χ3v) is 2.13. The lowest BCUT2D eigenvalue weighted by Gasteiger charge is -1.85. The van der Waals surface area contributed by atoms with Gasteiger partial charge in [-0.25, -0.2) is 0 Å². The van der Waals surface area contributed by atoms with Crippen LogP contribution in [-0.2, 0) is 4.74 Å². The predicted molar refractivity (Wildman–Crippen MR) is 40.8 cm³/mol. The lowest BCUT2D eigenvalue weighted by atomic mass is 10.2. The second-order valence-corrected chi connectivity index (χ2v) is 3.34. The Morgan fingerprint density at radius 3 is 2.50 bits per heavy atom. The standard InChI is InChI=1S/C9H14O/c1(3-8-5-6-8)2-4-9-7-10-9/h1-2,8-9H,3-7H2/b2-1+. The zero-order valence-corrected chi connectivity index (χ0v) is 6.25. The van der Waals surface area contributed by atoms with Crippen LogP contribution in [0.25, 0.3) is 0 Å². The van der Waals surface area contributed by atoms with Crippen molar-refractivity contribution < 1.29 is 4.74 Å². The molecule has 1 heterocycles. The van der Waals surface area contributed by atoms with Crippen LogP contribution in [0.1, 0.15) is 25.7 Å². The molecule has 1 aliphatic carbocycles. The molecule has 0 spiro atoms. The molecule has 0 radical (unpaired) electrons. The molecular formula is C9H14O. The van der Waals surface area contributed by atoms with Gasteiger partial charge in [0.15, 0.2) is 0 Å². The van der Waals surface area contributed by atoms with Crippen molar-refractivity contribution in [3.8, 4) is 0 Å². The van der Waals surface area contributed by atoms with E-state index in [1.165, 1.54) is 19.3 Å². The second-order valence-electron chi connectivity index (χ2n) is 3.34. The third-order valence-electron chi connectivity index (χ3n) is 2.13. The summed E-state index contributed by atoms with van der Waals surface area (Å²) in [6.07, 6.45) is 10.6. The average molecular weight is 138 g/mol. The number of hydrogen-bond donors (Lipinski definition) is 0. The lowest BCUT2D eigenvalue weighted by molar-refractivity contribution is 0.410. The first-order valence-corrected chi connectivity index (χ1v) is 4.22. The maximum atomic E-state index is 5.08. The van der Waals surface area contributed by atoms with Gasteiger partial charge in [0.1, 0.15) is 0 Å². The summed E-state index contributed by atoms with van der Waals surface area (Å²) in [5.41, 5.74) is 0. The van der Waals surface area contributed by atoms with Crippen LogP contribution < -0.4 is 0 Å². The highest BCUT2D eigenvalue weighted by atomic mass is 16.6. The van der Waals surface area contributed by atoms with Gasteiger partial charge in [0, 0.05) is 0 Å². The Bertz CT molecular complexity index is 116. The Balaban J connectivity index is 1.53. The van der Waals surface area contributed by atoms with Crippen LogP contribution in [0.2, 0.25) is 0 Å². The Morgan fingerprint density at radius 2 is 1.90 bits per heavy atom. The largest absolute Gasteiger partial charge is 0.373 e. The Labute approximate surface area is 62.1 Å². The second kappa shape index (κ2) is 2.75. The molecule has 0 aromatic carbocycles. The summed E-state index contributed by atoms with van der Waals surface area (Å²) in [5, 5.41) is 0. The minimum absolute atomic E-state index is 0.579. The van der Waals surface area contributed by atoms with Gasteiger partial charge in [-0.1, -0.05) is 12.2 Å². The summed E-state index contributed by atoms with van der Waals surface area (Å²) in [6, 6.07) is 0. The van der Waals surface area contributed by atoms with Gasteiger partial charge in [0.05, 0.1) is 12.7 Å². The zero-order valence-electron chi connectivity index (χ0n) is 6.25. The highest BCUT2D eigenvalue weighted by Crippen LogP contribution is 2.32. The minimum atomic E-state index is 0.579. The first-order chi connectivity index (χ1) is 4.95. The van der Waals surface area contributed by atoms with E-state index in [9.17, 15) is 0 Å². The van der Waals surface area contributed by atoms with Crippen LogP contribution in [0.15, 0.2) is 12.2 Å². The summed E-state index contributed by atoms with van der Waals surface area (Å²) in [7, 11) is 0. The Hall–Kier alpha value is -0.300. The van der Waals surface area contributed by atoms with Gasteiger partial charge in [-0.3, -0.25) is 0 Å². The molecule has 1 nitrogen and oxygen atoms in total. The van der Waals surface area contributed by atoms with E-state index >= 15 is 0 Å². The number of rotatable bonds is 4. The van der Waals surface area contributed by atoms with Gasteiger partial charge in [0.25, 0.3) is 0 Å². The van der Waals surface area contributed by atoms with E-state index < -0.39 is 0 Å². The molecule has 0 aromatic rings. The maximum Gasteiger partial charge on any atom is 0.0844 e. The van der Waals surface area contributed by atoms with Crippen LogP contribution in [-0.4, -0.2) is 12.7 Å². The SMILES string of the molecule is C(=C\CC1CO1)/CC1CC1. The Kier molecular flexibility index (Phi) is 1.76. The number of epoxide rings is 1. The van der Waals surface area contributed by atoms with E-state index in [2.05, 4.69) is 12.2 Å². The van der Waals surface area contributed by atoms with E-state index in [1.807, 2.05) is 0 Å². The van der Waals surface area contributed by atoms with Gasteiger partial charge in [0.2, 0.25) is 0 Å². The van der Waals surface area contributed by atoms with Gasteiger partial charge in [-0.2, -0.15) is 0 Å². The molecule has 0 N–H and O–H groups in total. The molecule has 1 aliphatic heterocycles. The average Bonchev–Trinajstić information content (AvgIpc) is 2.77. The molecule has 1 unspecified atom stereocenters. The molecular weight excluding hydrogens is 124 g/mol. The molecule has 0 aromatic heterocycles.